The monoisotopic (exact) mass is 193 g/mol. The van der Waals surface area contributed by atoms with Crippen LogP contribution in [0.2, 0.25) is 0 Å². The maximum atomic E-state index is 11.6. The average molecular weight is 193 g/mol. The van der Waals surface area contributed by atoms with Gasteiger partial charge in [-0.3, -0.25) is 4.79 Å². The maximum Gasteiger partial charge on any atom is 0.265 e. The van der Waals surface area contributed by atoms with Gasteiger partial charge in [-0.25, -0.2) is 0 Å². The molecule has 2 aromatic rings. The van der Waals surface area contributed by atoms with E-state index in [1.54, 1.807) is 6.92 Å². The van der Waals surface area contributed by atoms with E-state index in [1.807, 2.05) is 13.8 Å². The summed E-state index contributed by atoms with van der Waals surface area (Å²) in [4.78, 5) is 18.5. The molecule has 0 aromatic carbocycles. The van der Waals surface area contributed by atoms with Crippen LogP contribution in [-0.2, 0) is 0 Å². The number of aromatic amines is 1. The first-order chi connectivity index (χ1) is 6.59. The van der Waals surface area contributed by atoms with Crippen LogP contribution in [0.5, 0.6) is 0 Å². The molecule has 2 heterocycles. The Morgan fingerprint density at radius 3 is 2.79 bits per heavy atom. The van der Waals surface area contributed by atoms with Crippen LogP contribution in [0.4, 0.5) is 0 Å². The van der Waals surface area contributed by atoms with E-state index in [1.165, 1.54) is 0 Å². The van der Waals surface area contributed by atoms with Crippen molar-refractivity contribution in [3.8, 4) is 0 Å². The lowest BCUT2D eigenvalue weighted by molar-refractivity contribution is 0.441. The fraction of sp³-hybridized carbons (Fsp3) is 0.444. The van der Waals surface area contributed by atoms with Crippen molar-refractivity contribution in [3.05, 3.63) is 21.9 Å². The molecule has 14 heavy (non-hydrogen) atoms. The normalized spacial score (nSPS) is 11.4. The van der Waals surface area contributed by atoms with Gasteiger partial charge in [0.15, 0.2) is 0 Å². The van der Waals surface area contributed by atoms with Gasteiger partial charge in [0.1, 0.15) is 11.2 Å². The molecule has 2 aromatic heterocycles. The lowest BCUT2D eigenvalue weighted by Crippen LogP contribution is -2.12. The highest BCUT2D eigenvalue weighted by atomic mass is 16.5. The first kappa shape index (κ1) is 8.93. The minimum Gasteiger partial charge on any atom is -0.335 e. The van der Waals surface area contributed by atoms with E-state index in [2.05, 4.69) is 15.1 Å². The number of aromatic nitrogens is 3. The third-order valence-corrected chi connectivity index (χ3v) is 2.08. The Morgan fingerprint density at radius 1 is 1.43 bits per heavy atom. The van der Waals surface area contributed by atoms with Crippen molar-refractivity contribution >= 4 is 11.1 Å². The lowest BCUT2D eigenvalue weighted by atomic mass is 10.2. The summed E-state index contributed by atoms with van der Waals surface area (Å²) in [5.41, 5.74) is 0.705. The zero-order valence-corrected chi connectivity index (χ0v) is 8.29. The Kier molecular flexibility index (Phi) is 1.87. The Labute approximate surface area is 80.1 Å². The molecule has 0 atom stereocenters. The molecule has 0 aliphatic rings. The molecule has 74 valence electrons. The van der Waals surface area contributed by atoms with Crippen LogP contribution in [0.1, 0.15) is 31.3 Å². The molecular formula is C9H11N3O2. The van der Waals surface area contributed by atoms with Crippen molar-refractivity contribution in [3.63, 3.8) is 0 Å². The van der Waals surface area contributed by atoms with Gasteiger partial charge >= 0.3 is 0 Å². The average Bonchev–Trinajstić information content (AvgIpc) is 2.48. The molecule has 0 aliphatic carbocycles. The molecule has 0 saturated heterocycles. The van der Waals surface area contributed by atoms with E-state index < -0.39 is 0 Å². The molecule has 0 unspecified atom stereocenters. The molecule has 5 heteroatoms. The topological polar surface area (TPSA) is 71.8 Å². The Balaban J connectivity index is 2.81. The van der Waals surface area contributed by atoms with E-state index in [4.69, 9.17) is 4.52 Å². The third kappa shape index (κ3) is 1.21. The minimum atomic E-state index is -0.183. The Hall–Kier alpha value is -1.65. The van der Waals surface area contributed by atoms with Gasteiger partial charge in [0.25, 0.3) is 11.3 Å². The molecule has 0 saturated carbocycles. The first-order valence-corrected chi connectivity index (χ1v) is 4.46. The highest BCUT2D eigenvalue weighted by Crippen LogP contribution is 2.13. The Morgan fingerprint density at radius 2 is 2.14 bits per heavy atom. The third-order valence-electron chi connectivity index (χ3n) is 2.08. The van der Waals surface area contributed by atoms with E-state index in [-0.39, 0.29) is 11.5 Å². The van der Waals surface area contributed by atoms with Crippen LogP contribution >= 0.6 is 0 Å². The van der Waals surface area contributed by atoms with Crippen molar-refractivity contribution in [1.29, 1.82) is 0 Å². The van der Waals surface area contributed by atoms with Crippen molar-refractivity contribution in [2.45, 2.75) is 26.7 Å². The maximum absolute atomic E-state index is 11.6. The molecule has 0 bridgehead atoms. The molecule has 2 rings (SSSR count). The number of rotatable bonds is 1. The van der Waals surface area contributed by atoms with E-state index in [9.17, 15) is 4.79 Å². The Bertz CT molecular complexity index is 524. The summed E-state index contributed by atoms with van der Waals surface area (Å²) in [6.07, 6.45) is 0. The van der Waals surface area contributed by atoms with Gasteiger partial charge < -0.3 is 9.51 Å². The number of aryl methyl sites for hydroxylation is 1. The smallest absolute Gasteiger partial charge is 0.265 e. The standard InChI is InChI=1S/C9H11N3O2/c1-4(2)7-10-8(13)6-5(3)12-14-9(6)11-7/h4H,1-3H3,(H,10,11,13). The predicted molar refractivity (Wildman–Crippen MR) is 51.3 cm³/mol. The van der Waals surface area contributed by atoms with Crippen LogP contribution in [-0.4, -0.2) is 15.1 Å². The highest BCUT2D eigenvalue weighted by Gasteiger charge is 2.12. The van der Waals surface area contributed by atoms with Crippen LogP contribution in [0.3, 0.4) is 0 Å². The van der Waals surface area contributed by atoms with Crippen molar-refractivity contribution < 1.29 is 4.52 Å². The predicted octanol–water partition coefficient (Wildman–Crippen LogP) is 1.34. The summed E-state index contributed by atoms with van der Waals surface area (Å²) in [7, 11) is 0. The van der Waals surface area contributed by atoms with Crippen molar-refractivity contribution in [2.75, 3.05) is 0 Å². The van der Waals surface area contributed by atoms with Crippen molar-refractivity contribution in [2.24, 2.45) is 0 Å². The van der Waals surface area contributed by atoms with E-state index in [0.29, 0.717) is 22.6 Å². The van der Waals surface area contributed by atoms with Gasteiger partial charge in [-0.15, -0.1) is 0 Å². The van der Waals surface area contributed by atoms with Gasteiger partial charge in [-0.1, -0.05) is 19.0 Å². The van der Waals surface area contributed by atoms with Gasteiger partial charge in [-0.05, 0) is 6.92 Å². The summed E-state index contributed by atoms with van der Waals surface area (Å²) in [6.45, 7) is 5.62. The molecule has 0 aliphatic heterocycles. The second kappa shape index (κ2) is 2.94. The summed E-state index contributed by atoms with van der Waals surface area (Å²) < 4.78 is 4.94. The molecule has 0 spiro atoms. The lowest BCUT2D eigenvalue weighted by Gasteiger charge is -2.01. The summed E-state index contributed by atoms with van der Waals surface area (Å²) in [6, 6.07) is 0. The molecule has 1 N–H and O–H groups in total. The number of fused-ring (bicyclic) bond motifs is 1. The van der Waals surface area contributed by atoms with Gasteiger partial charge in [0, 0.05) is 5.92 Å². The number of hydrogen-bond acceptors (Lipinski definition) is 4. The van der Waals surface area contributed by atoms with Gasteiger partial charge in [0.05, 0.1) is 5.69 Å². The first-order valence-electron chi connectivity index (χ1n) is 4.46. The van der Waals surface area contributed by atoms with E-state index in [0.717, 1.165) is 0 Å². The SMILES string of the molecule is Cc1noc2nc(C(C)C)[nH]c(=O)c12. The van der Waals surface area contributed by atoms with Gasteiger partial charge in [-0.2, -0.15) is 4.98 Å². The number of hydrogen-bond donors (Lipinski definition) is 1. The molecule has 0 fully saturated rings. The zero-order chi connectivity index (χ0) is 10.3. The second-order valence-corrected chi connectivity index (χ2v) is 3.55. The van der Waals surface area contributed by atoms with Gasteiger partial charge in [0.2, 0.25) is 0 Å². The van der Waals surface area contributed by atoms with Crippen LogP contribution in [0.15, 0.2) is 9.32 Å². The van der Waals surface area contributed by atoms with Crippen LogP contribution in [0, 0.1) is 6.92 Å². The zero-order valence-electron chi connectivity index (χ0n) is 8.29. The fourth-order valence-corrected chi connectivity index (χ4v) is 1.29. The number of nitrogens with zero attached hydrogens (tertiary/aromatic N) is 2. The minimum absolute atomic E-state index is 0.164. The molecule has 0 amide bonds. The molecular weight excluding hydrogens is 182 g/mol. The molecule has 5 nitrogen and oxygen atoms in total. The van der Waals surface area contributed by atoms with Crippen LogP contribution < -0.4 is 5.56 Å². The van der Waals surface area contributed by atoms with Crippen LogP contribution in [0.25, 0.3) is 11.1 Å². The summed E-state index contributed by atoms with van der Waals surface area (Å²) >= 11 is 0. The highest BCUT2D eigenvalue weighted by molar-refractivity contribution is 5.74. The largest absolute Gasteiger partial charge is 0.335 e. The summed E-state index contributed by atoms with van der Waals surface area (Å²) in [5.74, 6) is 0.788. The number of nitrogens with one attached hydrogen (secondary N) is 1. The molecule has 0 radical (unpaired) electrons. The van der Waals surface area contributed by atoms with Crippen molar-refractivity contribution in [1.82, 2.24) is 15.1 Å². The second-order valence-electron chi connectivity index (χ2n) is 3.55. The van der Waals surface area contributed by atoms with E-state index >= 15 is 0 Å². The number of H-pyrrole nitrogens is 1. The quantitative estimate of drug-likeness (QED) is 0.741. The summed E-state index contributed by atoms with van der Waals surface area (Å²) in [5, 5.41) is 4.14. The fourth-order valence-electron chi connectivity index (χ4n) is 1.29.